The molecule has 5 nitrogen and oxygen atoms in total. The van der Waals surface area contributed by atoms with E-state index in [0.29, 0.717) is 9.33 Å². The van der Waals surface area contributed by atoms with Gasteiger partial charge in [-0.1, -0.05) is 22.9 Å². The Morgan fingerprint density at radius 1 is 1.22 bits per heavy atom. The number of rotatable bonds is 3. The van der Waals surface area contributed by atoms with Crippen LogP contribution in [-0.2, 0) is 10.0 Å². The topological polar surface area (TPSA) is 72.2 Å². The first-order chi connectivity index (χ1) is 8.40. The monoisotopic (exact) mass is 378 g/mol. The molecule has 0 aliphatic rings. The summed E-state index contributed by atoms with van der Waals surface area (Å²) >= 11 is 1.98. The largest absolute Gasteiger partial charge is 0.358 e. The van der Waals surface area contributed by atoms with Gasteiger partial charge in [0.15, 0.2) is 5.82 Å². The number of nitrogens with zero attached hydrogens (tertiary/aromatic N) is 1. The van der Waals surface area contributed by atoms with Crippen LogP contribution in [0.4, 0.5) is 5.82 Å². The fourth-order valence-electron chi connectivity index (χ4n) is 1.33. The van der Waals surface area contributed by atoms with Crippen molar-refractivity contribution in [1.29, 1.82) is 0 Å². The summed E-state index contributed by atoms with van der Waals surface area (Å²) in [6, 6.07) is 6.59. The summed E-state index contributed by atoms with van der Waals surface area (Å²) in [6.07, 6.45) is 0. The summed E-state index contributed by atoms with van der Waals surface area (Å²) in [7, 11) is -3.62. The molecular weight excluding hydrogens is 367 g/mol. The van der Waals surface area contributed by atoms with Crippen LogP contribution in [0.3, 0.4) is 0 Å². The van der Waals surface area contributed by atoms with E-state index in [0.717, 1.165) is 5.56 Å². The molecule has 7 heteroatoms. The minimum atomic E-state index is -3.62. The van der Waals surface area contributed by atoms with Gasteiger partial charge in [-0.3, -0.25) is 4.72 Å². The van der Waals surface area contributed by atoms with E-state index in [1.54, 1.807) is 31.2 Å². The molecule has 0 amide bonds. The molecule has 96 valence electrons. The molecule has 0 atom stereocenters. The molecule has 1 aromatic carbocycles. The van der Waals surface area contributed by atoms with Gasteiger partial charge in [0, 0.05) is 0 Å². The first-order valence-electron chi connectivity index (χ1n) is 5.11. The van der Waals surface area contributed by atoms with Crippen LogP contribution < -0.4 is 4.72 Å². The summed E-state index contributed by atoms with van der Waals surface area (Å²) in [4.78, 5) is 0.199. The number of hydrogen-bond donors (Lipinski definition) is 1. The van der Waals surface area contributed by atoms with E-state index in [9.17, 15) is 8.42 Å². The molecule has 1 heterocycles. The highest BCUT2D eigenvalue weighted by Crippen LogP contribution is 2.23. The van der Waals surface area contributed by atoms with Crippen LogP contribution >= 0.6 is 22.6 Å². The van der Waals surface area contributed by atoms with Gasteiger partial charge in [0.1, 0.15) is 9.33 Å². The van der Waals surface area contributed by atoms with Crippen molar-refractivity contribution >= 4 is 38.4 Å². The maximum Gasteiger partial charge on any atom is 0.263 e. The average Bonchev–Trinajstić information content (AvgIpc) is 2.61. The lowest BCUT2D eigenvalue weighted by Gasteiger charge is -2.05. The molecule has 2 aromatic rings. The number of nitrogens with one attached hydrogen (secondary N) is 1. The Hall–Kier alpha value is -1.09. The molecule has 0 saturated heterocycles. The smallest absolute Gasteiger partial charge is 0.263 e. The second-order valence-corrected chi connectivity index (χ2v) is 6.58. The number of halogens is 1. The van der Waals surface area contributed by atoms with Gasteiger partial charge in [0.2, 0.25) is 0 Å². The van der Waals surface area contributed by atoms with E-state index in [2.05, 4.69) is 9.88 Å². The fraction of sp³-hybridized carbons (Fsp3) is 0.182. The minimum absolute atomic E-state index is 0.199. The van der Waals surface area contributed by atoms with Crippen molar-refractivity contribution in [2.45, 2.75) is 18.7 Å². The van der Waals surface area contributed by atoms with Crippen LogP contribution in [0, 0.1) is 17.4 Å². The zero-order chi connectivity index (χ0) is 13.3. The quantitative estimate of drug-likeness (QED) is 0.834. The Kier molecular flexibility index (Phi) is 3.62. The second kappa shape index (κ2) is 4.88. The maximum atomic E-state index is 12.1. The maximum absolute atomic E-state index is 12.1. The Morgan fingerprint density at radius 3 is 2.33 bits per heavy atom. The molecule has 0 aliphatic carbocycles. The third kappa shape index (κ3) is 2.66. The SMILES string of the molecule is Cc1ccc(S(=O)(=O)Nc2noc(C)c2I)cc1. The molecule has 1 N–H and O–H groups in total. The zero-order valence-electron chi connectivity index (χ0n) is 9.77. The molecule has 2 rings (SSSR count). The van der Waals surface area contributed by atoms with Crippen LogP contribution in [0.2, 0.25) is 0 Å². The molecular formula is C11H11IN2O3S. The summed E-state index contributed by atoms with van der Waals surface area (Å²) in [5.41, 5.74) is 1.00. The first-order valence-corrected chi connectivity index (χ1v) is 7.67. The predicted molar refractivity (Wildman–Crippen MR) is 75.9 cm³/mol. The Bertz CT molecular complexity index is 662. The fourth-order valence-corrected chi connectivity index (χ4v) is 2.85. The number of aryl methyl sites for hydroxylation is 2. The highest BCUT2D eigenvalue weighted by atomic mass is 127. The number of benzene rings is 1. The third-order valence-corrected chi connectivity index (χ3v) is 4.98. The van der Waals surface area contributed by atoms with E-state index in [-0.39, 0.29) is 10.7 Å². The lowest BCUT2D eigenvalue weighted by Crippen LogP contribution is -2.13. The number of aromatic nitrogens is 1. The van der Waals surface area contributed by atoms with Crippen molar-refractivity contribution in [3.05, 3.63) is 39.2 Å². The number of hydrogen-bond acceptors (Lipinski definition) is 4. The van der Waals surface area contributed by atoms with Gasteiger partial charge in [0.05, 0.1) is 4.90 Å². The van der Waals surface area contributed by atoms with E-state index < -0.39 is 10.0 Å². The summed E-state index contributed by atoms with van der Waals surface area (Å²) in [5.74, 6) is 0.797. The van der Waals surface area contributed by atoms with E-state index in [4.69, 9.17) is 4.52 Å². The molecule has 0 bridgehead atoms. The minimum Gasteiger partial charge on any atom is -0.358 e. The average molecular weight is 378 g/mol. The van der Waals surface area contributed by atoms with Gasteiger partial charge >= 0.3 is 0 Å². The van der Waals surface area contributed by atoms with Crippen LogP contribution in [0.25, 0.3) is 0 Å². The first kappa shape index (κ1) is 13.3. The molecule has 0 unspecified atom stereocenters. The van der Waals surface area contributed by atoms with Gasteiger partial charge < -0.3 is 4.52 Å². The van der Waals surface area contributed by atoms with Gasteiger partial charge in [-0.15, -0.1) is 0 Å². The van der Waals surface area contributed by atoms with Crippen molar-refractivity contribution in [1.82, 2.24) is 5.16 Å². The molecule has 0 saturated carbocycles. The molecule has 0 aliphatic heterocycles. The molecule has 18 heavy (non-hydrogen) atoms. The summed E-state index contributed by atoms with van der Waals surface area (Å²) < 4.78 is 32.1. The normalized spacial score (nSPS) is 11.5. The van der Waals surface area contributed by atoms with Gasteiger partial charge in [-0.25, -0.2) is 8.42 Å². The highest BCUT2D eigenvalue weighted by molar-refractivity contribution is 14.1. The second-order valence-electron chi connectivity index (χ2n) is 3.82. The van der Waals surface area contributed by atoms with Crippen molar-refractivity contribution in [2.75, 3.05) is 4.72 Å². The van der Waals surface area contributed by atoms with Gasteiger partial charge in [-0.05, 0) is 48.6 Å². The Labute approximate surface area is 119 Å². The van der Waals surface area contributed by atoms with Crippen molar-refractivity contribution in [2.24, 2.45) is 0 Å². The molecule has 0 spiro atoms. The Morgan fingerprint density at radius 2 is 1.83 bits per heavy atom. The summed E-state index contributed by atoms with van der Waals surface area (Å²) in [6.45, 7) is 3.62. The van der Waals surface area contributed by atoms with Crippen LogP contribution in [0.1, 0.15) is 11.3 Å². The lowest BCUT2D eigenvalue weighted by molar-refractivity contribution is 0.399. The number of sulfonamides is 1. The van der Waals surface area contributed by atoms with E-state index >= 15 is 0 Å². The third-order valence-electron chi connectivity index (χ3n) is 2.35. The van der Waals surface area contributed by atoms with Crippen molar-refractivity contribution < 1.29 is 12.9 Å². The molecule has 0 radical (unpaired) electrons. The number of anilines is 1. The van der Waals surface area contributed by atoms with Gasteiger partial charge in [-0.2, -0.15) is 0 Å². The zero-order valence-corrected chi connectivity index (χ0v) is 12.7. The van der Waals surface area contributed by atoms with Crippen LogP contribution in [-0.4, -0.2) is 13.6 Å². The summed E-state index contributed by atoms with van der Waals surface area (Å²) in [5, 5.41) is 3.67. The van der Waals surface area contributed by atoms with E-state index in [1.165, 1.54) is 0 Å². The standard InChI is InChI=1S/C11H11IN2O3S/c1-7-3-5-9(6-4-7)18(15,16)14-11-10(12)8(2)17-13-11/h3-6H,1-2H3,(H,13,14). The molecule has 0 fully saturated rings. The molecule has 1 aromatic heterocycles. The van der Waals surface area contributed by atoms with Gasteiger partial charge in [0.25, 0.3) is 10.0 Å². The van der Waals surface area contributed by atoms with Crippen molar-refractivity contribution in [3.63, 3.8) is 0 Å². The Balaban J connectivity index is 2.33. The van der Waals surface area contributed by atoms with E-state index in [1.807, 2.05) is 29.5 Å². The predicted octanol–water partition coefficient (Wildman–Crippen LogP) is 2.70. The highest BCUT2D eigenvalue weighted by Gasteiger charge is 2.19. The van der Waals surface area contributed by atoms with Crippen molar-refractivity contribution in [3.8, 4) is 0 Å². The van der Waals surface area contributed by atoms with Crippen LogP contribution in [0.15, 0.2) is 33.7 Å². The lowest BCUT2D eigenvalue weighted by atomic mass is 10.2. The van der Waals surface area contributed by atoms with Crippen LogP contribution in [0.5, 0.6) is 0 Å².